The van der Waals surface area contributed by atoms with Crippen molar-refractivity contribution >= 4 is 21.6 Å². The Balaban J connectivity index is 1.35. The van der Waals surface area contributed by atoms with E-state index in [1.165, 1.54) is 4.31 Å². The summed E-state index contributed by atoms with van der Waals surface area (Å²) in [7, 11) is -3.42. The molecule has 33 heavy (non-hydrogen) atoms. The number of piperidine rings is 1. The lowest BCUT2D eigenvalue weighted by molar-refractivity contribution is -0.120. The van der Waals surface area contributed by atoms with Gasteiger partial charge in [-0.05, 0) is 49.6 Å². The van der Waals surface area contributed by atoms with Gasteiger partial charge in [0.1, 0.15) is 5.75 Å². The Morgan fingerprint density at radius 3 is 2.27 bits per heavy atom. The molecule has 3 aromatic rings. The van der Waals surface area contributed by atoms with Crippen LogP contribution in [0.4, 0.5) is 5.69 Å². The van der Waals surface area contributed by atoms with E-state index in [1.807, 2.05) is 79.7 Å². The fourth-order valence-corrected chi connectivity index (χ4v) is 5.45. The van der Waals surface area contributed by atoms with Gasteiger partial charge in [-0.1, -0.05) is 60.2 Å². The molecule has 0 atom stereocenters. The molecule has 0 saturated carbocycles. The minimum atomic E-state index is -3.42. The van der Waals surface area contributed by atoms with Crippen LogP contribution in [-0.4, -0.2) is 31.7 Å². The zero-order chi connectivity index (χ0) is 23.3. The van der Waals surface area contributed by atoms with Crippen molar-refractivity contribution in [1.29, 1.82) is 0 Å². The number of hydrogen-bond donors (Lipinski definition) is 1. The van der Waals surface area contributed by atoms with Crippen molar-refractivity contribution in [2.24, 2.45) is 5.92 Å². The molecule has 0 radical (unpaired) electrons. The lowest BCUT2D eigenvalue weighted by Crippen LogP contribution is -2.41. The van der Waals surface area contributed by atoms with E-state index < -0.39 is 10.0 Å². The molecule has 1 N–H and O–H groups in total. The topological polar surface area (TPSA) is 75.7 Å². The number of para-hydroxylation sites is 3. The summed E-state index contributed by atoms with van der Waals surface area (Å²) in [5.41, 5.74) is 2.47. The lowest BCUT2D eigenvalue weighted by Gasteiger charge is -2.30. The second-order valence-electron chi connectivity index (χ2n) is 8.32. The first-order valence-corrected chi connectivity index (χ1v) is 12.7. The first kappa shape index (κ1) is 23.0. The highest BCUT2D eigenvalue weighted by Gasteiger charge is 2.31. The third-order valence-corrected chi connectivity index (χ3v) is 7.65. The highest BCUT2D eigenvalue weighted by molar-refractivity contribution is 7.88. The molecule has 6 nitrogen and oxygen atoms in total. The van der Waals surface area contributed by atoms with Crippen LogP contribution in [0.5, 0.6) is 11.5 Å². The smallest absolute Gasteiger partial charge is 0.227 e. The monoisotopic (exact) mass is 464 g/mol. The average Bonchev–Trinajstić information content (AvgIpc) is 2.82. The van der Waals surface area contributed by atoms with Crippen LogP contribution >= 0.6 is 0 Å². The summed E-state index contributed by atoms with van der Waals surface area (Å²) >= 11 is 0. The molecule has 4 rings (SSSR count). The molecule has 172 valence electrons. The summed E-state index contributed by atoms with van der Waals surface area (Å²) in [6, 6.07) is 24.2. The number of nitrogens with zero attached hydrogens (tertiary/aromatic N) is 1. The van der Waals surface area contributed by atoms with Crippen molar-refractivity contribution in [3.05, 3.63) is 90.0 Å². The Bertz CT molecular complexity index is 1190. The highest BCUT2D eigenvalue weighted by atomic mass is 32.2. The van der Waals surface area contributed by atoms with Gasteiger partial charge >= 0.3 is 0 Å². The van der Waals surface area contributed by atoms with Gasteiger partial charge in [0.25, 0.3) is 0 Å². The highest BCUT2D eigenvalue weighted by Crippen LogP contribution is 2.30. The van der Waals surface area contributed by atoms with E-state index in [0.717, 1.165) is 11.1 Å². The first-order valence-electron chi connectivity index (χ1n) is 11.1. The third kappa shape index (κ3) is 6.00. The van der Waals surface area contributed by atoms with Gasteiger partial charge in [0, 0.05) is 19.0 Å². The molecule has 0 aliphatic carbocycles. The van der Waals surface area contributed by atoms with E-state index in [0.29, 0.717) is 43.1 Å². The van der Waals surface area contributed by atoms with Crippen molar-refractivity contribution in [1.82, 2.24) is 4.31 Å². The maximum Gasteiger partial charge on any atom is 0.227 e. The number of aryl methyl sites for hydroxylation is 1. The molecule has 3 aromatic carbocycles. The van der Waals surface area contributed by atoms with E-state index in [9.17, 15) is 13.2 Å². The van der Waals surface area contributed by atoms with Gasteiger partial charge in [-0.25, -0.2) is 12.7 Å². The van der Waals surface area contributed by atoms with Crippen LogP contribution < -0.4 is 10.1 Å². The van der Waals surface area contributed by atoms with Crippen molar-refractivity contribution in [3.8, 4) is 11.5 Å². The van der Waals surface area contributed by atoms with Crippen LogP contribution in [0.25, 0.3) is 0 Å². The van der Waals surface area contributed by atoms with Gasteiger partial charge in [-0.15, -0.1) is 0 Å². The minimum absolute atomic E-state index is 0.0195. The molecule has 0 aromatic heterocycles. The predicted octanol–water partition coefficient (Wildman–Crippen LogP) is 4.97. The molecular weight excluding hydrogens is 436 g/mol. The molecule has 7 heteroatoms. The number of sulfonamides is 1. The second kappa shape index (κ2) is 10.2. The number of nitrogens with one attached hydrogen (secondary N) is 1. The van der Waals surface area contributed by atoms with Crippen molar-refractivity contribution in [2.45, 2.75) is 25.5 Å². The minimum Gasteiger partial charge on any atom is -0.455 e. The number of amides is 1. The molecule has 1 aliphatic rings. The number of carbonyl (C=O) groups excluding carboxylic acids is 1. The molecule has 1 fully saturated rings. The van der Waals surface area contributed by atoms with Gasteiger partial charge < -0.3 is 10.1 Å². The summed E-state index contributed by atoms with van der Waals surface area (Å²) in [5.74, 6) is 0.866. The summed E-state index contributed by atoms with van der Waals surface area (Å²) in [4.78, 5) is 12.9. The molecule has 1 amide bonds. The molecular formula is C26H28N2O4S. The molecule has 1 saturated heterocycles. The first-order chi connectivity index (χ1) is 15.9. The fourth-order valence-electron chi connectivity index (χ4n) is 3.89. The van der Waals surface area contributed by atoms with Crippen LogP contribution in [0.2, 0.25) is 0 Å². The second-order valence-corrected chi connectivity index (χ2v) is 10.3. The molecule has 0 bridgehead atoms. The normalized spacial score (nSPS) is 15.2. The molecule has 0 unspecified atom stereocenters. The average molecular weight is 465 g/mol. The summed E-state index contributed by atoms with van der Waals surface area (Å²) in [5, 5.41) is 2.97. The maximum atomic E-state index is 12.9. The maximum absolute atomic E-state index is 12.9. The van der Waals surface area contributed by atoms with Gasteiger partial charge in [-0.2, -0.15) is 0 Å². The fraction of sp³-hybridized carbons (Fsp3) is 0.269. The summed E-state index contributed by atoms with van der Waals surface area (Å²) in [6.07, 6.45) is 0.974. The zero-order valence-electron chi connectivity index (χ0n) is 18.6. The number of carbonyl (C=O) groups is 1. The zero-order valence-corrected chi connectivity index (χ0v) is 19.4. The van der Waals surface area contributed by atoms with Gasteiger partial charge in [0.15, 0.2) is 5.75 Å². The lowest BCUT2D eigenvalue weighted by atomic mass is 9.97. The van der Waals surface area contributed by atoms with E-state index >= 15 is 0 Å². The quantitative estimate of drug-likeness (QED) is 0.536. The Morgan fingerprint density at radius 2 is 1.58 bits per heavy atom. The summed E-state index contributed by atoms with van der Waals surface area (Å²) in [6.45, 7) is 2.66. The van der Waals surface area contributed by atoms with E-state index in [1.54, 1.807) is 6.07 Å². The predicted molar refractivity (Wildman–Crippen MR) is 130 cm³/mol. The van der Waals surface area contributed by atoms with Crippen molar-refractivity contribution < 1.29 is 17.9 Å². The van der Waals surface area contributed by atoms with Gasteiger partial charge in [0.2, 0.25) is 15.9 Å². The van der Waals surface area contributed by atoms with Gasteiger partial charge in [0.05, 0.1) is 11.4 Å². The SMILES string of the molecule is Cc1ccc(CS(=O)(=O)N2CCC(C(=O)Nc3ccccc3Oc3ccccc3)CC2)cc1. The van der Waals surface area contributed by atoms with Crippen LogP contribution in [0, 0.1) is 12.8 Å². The largest absolute Gasteiger partial charge is 0.455 e. The molecule has 1 aliphatic heterocycles. The van der Waals surface area contributed by atoms with E-state index in [4.69, 9.17) is 4.74 Å². The number of ether oxygens (including phenoxy) is 1. The summed E-state index contributed by atoms with van der Waals surface area (Å²) < 4.78 is 33.1. The molecule has 1 heterocycles. The van der Waals surface area contributed by atoms with Crippen molar-refractivity contribution in [2.75, 3.05) is 18.4 Å². The van der Waals surface area contributed by atoms with Crippen LogP contribution in [0.3, 0.4) is 0 Å². The number of rotatable bonds is 7. The van der Waals surface area contributed by atoms with Crippen molar-refractivity contribution in [3.63, 3.8) is 0 Å². The molecule has 0 spiro atoms. The van der Waals surface area contributed by atoms with E-state index in [-0.39, 0.29) is 17.6 Å². The Labute approximate surface area is 195 Å². The van der Waals surface area contributed by atoms with Crippen LogP contribution in [-0.2, 0) is 20.6 Å². The standard InChI is InChI=1S/C26H28N2O4S/c1-20-11-13-21(14-12-20)19-33(30,31)28-17-15-22(16-18-28)26(29)27-24-9-5-6-10-25(24)32-23-7-3-2-4-8-23/h2-14,22H,15-19H2,1H3,(H,27,29). The Kier molecular flexibility index (Phi) is 7.11. The number of anilines is 1. The third-order valence-electron chi connectivity index (χ3n) is 5.80. The van der Waals surface area contributed by atoms with Crippen LogP contribution in [0.15, 0.2) is 78.9 Å². The van der Waals surface area contributed by atoms with Crippen LogP contribution in [0.1, 0.15) is 24.0 Å². The number of hydrogen-bond acceptors (Lipinski definition) is 4. The number of benzene rings is 3. The Hall–Kier alpha value is -3.16. The van der Waals surface area contributed by atoms with E-state index in [2.05, 4.69) is 5.32 Å². The Morgan fingerprint density at radius 1 is 0.939 bits per heavy atom. The van der Waals surface area contributed by atoms with Gasteiger partial charge in [-0.3, -0.25) is 4.79 Å².